The van der Waals surface area contributed by atoms with Crippen molar-refractivity contribution < 1.29 is 14.2 Å². The molecule has 0 fully saturated rings. The second-order valence-corrected chi connectivity index (χ2v) is 5.33. The van der Waals surface area contributed by atoms with E-state index in [0.29, 0.717) is 10.7 Å². The molecular weight excluding hydrogens is 310 g/mol. The van der Waals surface area contributed by atoms with Crippen LogP contribution in [-0.2, 0) is 6.42 Å². The minimum Gasteiger partial charge on any atom is -0.497 e. The molecule has 2 aromatic rings. The van der Waals surface area contributed by atoms with Crippen LogP contribution in [0.4, 0.5) is 0 Å². The maximum atomic E-state index is 5.46. The monoisotopic (exact) mass is 331 g/mol. The Morgan fingerprint density at radius 2 is 1.57 bits per heavy atom. The van der Waals surface area contributed by atoms with Gasteiger partial charge in [-0.2, -0.15) is 0 Å². The van der Waals surface area contributed by atoms with Gasteiger partial charge in [0.05, 0.1) is 26.9 Å². The number of hydrogen-bond donors (Lipinski definition) is 1. The molecule has 0 aliphatic rings. The Kier molecular flexibility index (Phi) is 6.23. The van der Waals surface area contributed by atoms with Crippen molar-refractivity contribution in [1.29, 1.82) is 0 Å². The molecule has 0 radical (unpaired) electrons. The highest BCUT2D eigenvalue weighted by Crippen LogP contribution is 2.24. The number of thiocarbonyl (C=S) groups is 1. The van der Waals surface area contributed by atoms with Gasteiger partial charge in [0.25, 0.3) is 0 Å². The highest BCUT2D eigenvalue weighted by atomic mass is 32.1. The zero-order valence-corrected chi connectivity index (χ0v) is 14.4. The van der Waals surface area contributed by atoms with Crippen molar-refractivity contribution in [1.82, 2.24) is 5.32 Å². The molecule has 0 aliphatic carbocycles. The summed E-state index contributed by atoms with van der Waals surface area (Å²) in [5.74, 6) is 2.30. The molecule has 23 heavy (non-hydrogen) atoms. The first-order valence-electron chi connectivity index (χ1n) is 7.31. The Labute approximate surface area is 142 Å². The fourth-order valence-corrected chi connectivity index (χ4v) is 2.46. The van der Waals surface area contributed by atoms with Crippen molar-refractivity contribution in [3.05, 3.63) is 53.6 Å². The predicted molar refractivity (Wildman–Crippen MR) is 95.9 cm³/mol. The summed E-state index contributed by atoms with van der Waals surface area (Å²) in [6.45, 7) is 0.750. The van der Waals surface area contributed by atoms with Gasteiger partial charge in [-0.15, -0.1) is 0 Å². The Balaban J connectivity index is 1.93. The lowest BCUT2D eigenvalue weighted by molar-refractivity contribution is 0.394. The molecule has 0 aliphatic heterocycles. The quantitative estimate of drug-likeness (QED) is 0.789. The molecule has 0 unspecified atom stereocenters. The van der Waals surface area contributed by atoms with Crippen LogP contribution in [0.1, 0.15) is 11.1 Å². The molecule has 0 aromatic heterocycles. The van der Waals surface area contributed by atoms with Crippen LogP contribution < -0.4 is 19.5 Å². The highest BCUT2D eigenvalue weighted by molar-refractivity contribution is 7.80. The summed E-state index contributed by atoms with van der Waals surface area (Å²) < 4.78 is 15.7. The molecule has 0 bridgehead atoms. The predicted octanol–water partition coefficient (Wildman–Crippen LogP) is 3.22. The molecule has 0 saturated heterocycles. The summed E-state index contributed by atoms with van der Waals surface area (Å²) in [4.78, 5) is 0.665. The van der Waals surface area contributed by atoms with E-state index in [-0.39, 0.29) is 0 Å². The molecule has 0 spiro atoms. The van der Waals surface area contributed by atoms with E-state index in [2.05, 4.69) is 17.4 Å². The van der Waals surface area contributed by atoms with E-state index in [1.165, 1.54) is 5.56 Å². The van der Waals surface area contributed by atoms with Gasteiger partial charge in [-0.3, -0.25) is 0 Å². The molecule has 5 heteroatoms. The van der Waals surface area contributed by atoms with Gasteiger partial charge < -0.3 is 19.5 Å². The van der Waals surface area contributed by atoms with Gasteiger partial charge >= 0.3 is 0 Å². The van der Waals surface area contributed by atoms with E-state index < -0.39 is 0 Å². The summed E-state index contributed by atoms with van der Waals surface area (Å²) in [6, 6.07) is 13.6. The van der Waals surface area contributed by atoms with Crippen molar-refractivity contribution in [3.8, 4) is 17.2 Å². The van der Waals surface area contributed by atoms with E-state index in [4.69, 9.17) is 26.4 Å². The summed E-state index contributed by atoms with van der Waals surface area (Å²) in [5, 5.41) is 3.27. The van der Waals surface area contributed by atoms with Gasteiger partial charge in [-0.1, -0.05) is 24.4 Å². The molecule has 2 rings (SSSR count). The number of rotatable bonds is 7. The Morgan fingerprint density at radius 1 is 0.913 bits per heavy atom. The first-order valence-corrected chi connectivity index (χ1v) is 7.72. The third-order valence-electron chi connectivity index (χ3n) is 3.51. The summed E-state index contributed by atoms with van der Waals surface area (Å²) in [7, 11) is 4.91. The normalized spacial score (nSPS) is 10.0. The molecular formula is C18H21NO3S. The molecule has 0 amide bonds. The largest absolute Gasteiger partial charge is 0.497 e. The Hall–Kier alpha value is -2.27. The van der Waals surface area contributed by atoms with Crippen LogP contribution in [-0.4, -0.2) is 32.9 Å². The molecule has 4 nitrogen and oxygen atoms in total. The van der Waals surface area contributed by atoms with E-state index in [1.54, 1.807) is 21.3 Å². The zero-order valence-electron chi connectivity index (χ0n) is 13.6. The van der Waals surface area contributed by atoms with Crippen LogP contribution in [0.3, 0.4) is 0 Å². The first kappa shape index (κ1) is 17.1. The van der Waals surface area contributed by atoms with Crippen LogP contribution >= 0.6 is 12.2 Å². The van der Waals surface area contributed by atoms with Crippen LogP contribution in [0.2, 0.25) is 0 Å². The lowest BCUT2D eigenvalue weighted by atomic mass is 10.1. The lowest BCUT2D eigenvalue weighted by Gasteiger charge is -2.13. The minimum atomic E-state index is 0.665. The second-order valence-electron chi connectivity index (χ2n) is 4.92. The molecule has 0 heterocycles. The highest BCUT2D eigenvalue weighted by Gasteiger charge is 2.09. The number of nitrogens with one attached hydrogen (secondary N) is 1. The minimum absolute atomic E-state index is 0.665. The standard InChI is InChI=1S/C18H21NO3S/c1-20-14-6-4-13(5-7-14)10-11-19-18(23)16-9-8-15(21-2)12-17(16)22-3/h4-9,12H,10-11H2,1-3H3,(H,19,23). The third kappa shape index (κ3) is 4.60. The van der Waals surface area contributed by atoms with Crippen LogP contribution in [0.5, 0.6) is 17.2 Å². The van der Waals surface area contributed by atoms with Gasteiger partial charge in [0.2, 0.25) is 0 Å². The van der Waals surface area contributed by atoms with E-state index >= 15 is 0 Å². The average molecular weight is 331 g/mol. The van der Waals surface area contributed by atoms with Crippen LogP contribution in [0.15, 0.2) is 42.5 Å². The van der Waals surface area contributed by atoms with Gasteiger partial charge in [-0.25, -0.2) is 0 Å². The van der Waals surface area contributed by atoms with Crippen molar-refractivity contribution in [2.24, 2.45) is 0 Å². The SMILES string of the molecule is COc1ccc(CCNC(=S)c2ccc(OC)cc2OC)cc1. The maximum absolute atomic E-state index is 5.46. The van der Waals surface area contributed by atoms with Gasteiger partial charge in [0.15, 0.2) is 0 Å². The van der Waals surface area contributed by atoms with Gasteiger partial charge in [0.1, 0.15) is 22.2 Å². The van der Waals surface area contributed by atoms with E-state index in [1.807, 2.05) is 30.3 Å². The lowest BCUT2D eigenvalue weighted by Crippen LogP contribution is -2.25. The number of hydrogen-bond acceptors (Lipinski definition) is 4. The van der Waals surface area contributed by atoms with Gasteiger partial charge in [0, 0.05) is 12.6 Å². The summed E-state index contributed by atoms with van der Waals surface area (Å²) >= 11 is 5.46. The molecule has 1 N–H and O–H groups in total. The number of benzene rings is 2. The maximum Gasteiger partial charge on any atom is 0.132 e. The summed E-state index contributed by atoms with van der Waals surface area (Å²) in [6.07, 6.45) is 0.878. The van der Waals surface area contributed by atoms with Crippen LogP contribution in [0.25, 0.3) is 0 Å². The second kappa shape index (κ2) is 8.39. The number of methoxy groups -OCH3 is 3. The van der Waals surface area contributed by atoms with Crippen LogP contribution in [0, 0.1) is 0 Å². The molecule has 122 valence electrons. The average Bonchev–Trinajstić information content (AvgIpc) is 2.61. The van der Waals surface area contributed by atoms with E-state index in [0.717, 1.165) is 30.0 Å². The molecule has 2 aromatic carbocycles. The molecule has 0 saturated carbocycles. The topological polar surface area (TPSA) is 39.7 Å². The van der Waals surface area contributed by atoms with Crippen molar-refractivity contribution in [2.45, 2.75) is 6.42 Å². The first-order chi connectivity index (χ1) is 11.2. The smallest absolute Gasteiger partial charge is 0.132 e. The fraction of sp³-hybridized carbons (Fsp3) is 0.278. The molecule has 0 atom stereocenters. The third-order valence-corrected chi connectivity index (χ3v) is 3.88. The fourth-order valence-electron chi connectivity index (χ4n) is 2.19. The van der Waals surface area contributed by atoms with Crippen molar-refractivity contribution in [3.63, 3.8) is 0 Å². The Bertz CT molecular complexity index is 656. The number of ether oxygens (including phenoxy) is 3. The summed E-state index contributed by atoms with van der Waals surface area (Å²) in [5.41, 5.74) is 2.08. The van der Waals surface area contributed by atoms with E-state index in [9.17, 15) is 0 Å². The van der Waals surface area contributed by atoms with Gasteiger partial charge in [-0.05, 0) is 36.2 Å². The zero-order chi connectivity index (χ0) is 16.7. The van der Waals surface area contributed by atoms with Crippen molar-refractivity contribution >= 4 is 17.2 Å². The van der Waals surface area contributed by atoms with Crippen molar-refractivity contribution in [2.75, 3.05) is 27.9 Å². The Morgan fingerprint density at radius 3 is 2.17 bits per heavy atom.